The molecule has 1 fully saturated rings. The molecule has 20 heavy (non-hydrogen) atoms. The van der Waals surface area contributed by atoms with Crippen molar-refractivity contribution in [2.24, 2.45) is 0 Å². The molecule has 0 aliphatic carbocycles. The molecule has 0 spiro atoms. The van der Waals surface area contributed by atoms with Crippen molar-refractivity contribution in [3.8, 4) is 6.07 Å². The van der Waals surface area contributed by atoms with Gasteiger partial charge in [0.2, 0.25) is 10.0 Å². The van der Waals surface area contributed by atoms with Crippen LogP contribution in [0.25, 0.3) is 0 Å². The fourth-order valence-electron chi connectivity index (χ4n) is 1.98. The highest BCUT2D eigenvalue weighted by atomic mass is 35.5. The number of hydrogen-bond donors (Lipinski definition) is 1. The number of benzene rings is 1. The van der Waals surface area contributed by atoms with Gasteiger partial charge in [-0.3, -0.25) is 0 Å². The van der Waals surface area contributed by atoms with Gasteiger partial charge in [-0.15, -0.1) is 0 Å². The Morgan fingerprint density at radius 3 is 2.45 bits per heavy atom. The van der Waals surface area contributed by atoms with Crippen LogP contribution < -0.4 is 5.32 Å². The van der Waals surface area contributed by atoms with Crippen LogP contribution in [0.2, 0.25) is 15.1 Å². The molecule has 9 heteroatoms. The van der Waals surface area contributed by atoms with Crippen molar-refractivity contribution in [1.29, 1.82) is 5.26 Å². The third kappa shape index (κ3) is 2.89. The van der Waals surface area contributed by atoms with E-state index in [4.69, 9.17) is 40.1 Å². The number of nitrogens with zero attached hydrogens (tertiary/aromatic N) is 2. The second kappa shape index (κ2) is 6.06. The van der Waals surface area contributed by atoms with E-state index in [1.807, 2.05) is 6.07 Å². The Bertz CT molecular complexity index is 649. The van der Waals surface area contributed by atoms with E-state index in [1.165, 1.54) is 12.1 Å². The molecule has 1 aliphatic heterocycles. The van der Waals surface area contributed by atoms with Gasteiger partial charge in [-0.25, -0.2) is 8.42 Å². The highest BCUT2D eigenvalue weighted by Crippen LogP contribution is 2.35. The van der Waals surface area contributed by atoms with Crippen LogP contribution in [0.1, 0.15) is 0 Å². The summed E-state index contributed by atoms with van der Waals surface area (Å²) in [6.07, 6.45) is 0. The van der Waals surface area contributed by atoms with Crippen molar-refractivity contribution >= 4 is 44.8 Å². The molecule has 1 aromatic rings. The zero-order chi connectivity index (χ0) is 14.9. The molecule has 1 saturated heterocycles. The molecule has 1 heterocycles. The topological polar surface area (TPSA) is 73.2 Å². The van der Waals surface area contributed by atoms with Crippen LogP contribution >= 0.6 is 34.8 Å². The van der Waals surface area contributed by atoms with Gasteiger partial charge in [0.1, 0.15) is 10.9 Å². The number of rotatable bonds is 2. The van der Waals surface area contributed by atoms with E-state index >= 15 is 0 Å². The molecular formula is C11H10Cl3N3O2S. The first-order chi connectivity index (χ1) is 9.37. The smallest absolute Gasteiger partial charge is 0.247 e. The van der Waals surface area contributed by atoms with Gasteiger partial charge in [0, 0.05) is 24.7 Å². The van der Waals surface area contributed by atoms with Crippen LogP contribution in [-0.4, -0.2) is 38.4 Å². The van der Waals surface area contributed by atoms with E-state index in [0.29, 0.717) is 6.54 Å². The molecule has 0 aromatic heterocycles. The molecular weight excluding hydrogens is 345 g/mol. The lowest BCUT2D eigenvalue weighted by atomic mass is 10.3. The van der Waals surface area contributed by atoms with Crippen LogP contribution in [0.4, 0.5) is 0 Å². The maximum atomic E-state index is 12.6. The second-order valence-electron chi connectivity index (χ2n) is 4.16. The van der Waals surface area contributed by atoms with E-state index in [-0.39, 0.29) is 33.1 Å². The molecule has 0 bridgehead atoms. The zero-order valence-electron chi connectivity index (χ0n) is 10.1. The lowest BCUT2D eigenvalue weighted by Gasteiger charge is -2.31. The molecule has 2 rings (SSSR count). The molecule has 1 N–H and O–H groups in total. The molecule has 5 nitrogen and oxygen atoms in total. The predicted octanol–water partition coefficient (Wildman–Crippen LogP) is 2.13. The number of halogens is 3. The summed E-state index contributed by atoms with van der Waals surface area (Å²) in [5, 5.41) is 12.2. The Kier molecular flexibility index (Phi) is 4.80. The summed E-state index contributed by atoms with van der Waals surface area (Å²) in [6, 6.07) is 3.78. The minimum atomic E-state index is -3.95. The van der Waals surface area contributed by atoms with Gasteiger partial charge >= 0.3 is 0 Å². The quantitative estimate of drug-likeness (QED) is 0.883. The van der Waals surface area contributed by atoms with Gasteiger partial charge in [0.15, 0.2) is 0 Å². The van der Waals surface area contributed by atoms with Crippen molar-refractivity contribution < 1.29 is 8.42 Å². The number of sulfonamides is 1. The Morgan fingerprint density at radius 1 is 1.30 bits per heavy atom. The van der Waals surface area contributed by atoms with Crippen LogP contribution in [0.3, 0.4) is 0 Å². The largest absolute Gasteiger partial charge is 0.313 e. The third-order valence-electron chi connectivity index (χ3n) is 2.87. The average molecular weight is 355 g/mol. The summed E-state index contributed by atoms with van der Waals surface area (Å²) in [6.45, 7) is 0.897. The van der Waals surface area contributed by atoms with Crippen LogP contribution in [-0.2, 0) is 10.0 Å². The molecule has 1 unspecified atom stereocenters. The summed E-state index contributed by atoms with van der Waals surface area (Å²) >= 11 is 17.7. The van der Waals surface area contributed by atoms with E-state index in [1.54, 1.807) is 0 Å². The standard InChI is InChI=1S/C11H10Cl3N3O2S/c12-7-3-9(13)11(10(14)4-7)20(18,19)17-2-1-16-6-8(17)5-15/h3-4,8,16H,1-2,6H2. The molecule has 1 atom stereocenters. The lowest BCUT2D eigenvalue weighted by molar-refractivity contribution is 0.312. The van der Waals surface area contributed by atoms with E-state index in [0.717, 1.165) is 4.31 Å². The minimum absolute atomic E-state index is 0.0577. The minimum Gasteiger partial charge on any atom is -0.313 e. The lowest BCUT2D eigenvalue weighted by Crippen LogP contribution is -2.52. The van der Waals surface area contributed by atoms with Gasteiger partial charge in [-0.05, 0) is 12.1 Å². The Morgan fingerprint density at radius 2 is 1.90 bits per heavy atom. The van der Waals surface area contributed by atoms with Crippen molar-refractivity contribution in [3.05, 3.63) is 27.2 Å². The van der Waals surface area contributed by atoms with Crippen molar-refractivity contribution in [2.75, 3.05) is 19.6 Å². The van der Waals surface area contributed by atoms with E-state index in [9.17, 15) is 8.42 Å². The summed E-state index contributed by atoms with van der Waals surface area (Å²) < 4.78 is 26.4. The van der Waals surface area contributed by atoms with Gasteiger partial charge in [-0.1, -0.05) is 34.8 Å². The van der Waals surface area contributed by atoms with E-state index in [2.05, 4.69) is 5.32 Å². The Hall–Kier alpha value is -0.550. The van der Waals surface area contributed by atoms with Gasteiger partial charge in [0.25, 0.3) is 0 Å². The first-order valence-corrected chi connectivity index (χ1v) is 8.22. The van der Waals surface area contributed by atoms with Gasteiger partial charge in [0.05, 0.1) is 16.1 Å². The molecule has 0 saturated carbocycles. The number of hydrogen-bond acceptors (Lipinski definition) is 4. The number of piperazine rings is 1. The maximum absolute atomic E-state index is 12.6. The molecule has 108 valence electrons. The Labute approximate surface area is 132 Å². The summed E-state index contributed by atoms with van der Waals surface area (Å²) in [4.78, 5) is -0.215. The zero-order valence-corrected chi connectivity index (χ0v) is 13.2. The number of nitrogens with one attached hydrogen (secondary N) is 1. The fourth-order valence-corrected chi connectivity index (χ4v) is 5.01. The molecule has 1 aromatic carbocycles. The number of nitriles is 1. The molecule has 1 aliphatic rings. The average Bonchev–Trinajstić information content (AvgIpc) is 2.37. The third-order valence-corrected chi connectivity index (χ3v) is 5.92. The summed E-state index contributed by atoms with van der Waals surface area (Å²) in [5.41, 5.74) is 0. The second-order valence-corrected chi connectivity index (χ2v) is 7.24. The SMILES string of the molecule is N#CC1CNCCN1S(=O)(=O)c1c(Cl)cc(Cl)cc1Cl. The van der Waals surface area contributed by atoms with Crippen molar-refractivity contribution in [3.63, 3.8) is 0 Å². The highest BCUT2D eigenvalue weighted by Gasteiger charge is 2.36. The van der Waals surface area contributed by atoms with Crippen LogP contribution in [0.15, 0.2) is 17.0 Å². The fraction of sp³-hybridized carbons (Fsp3) is 0.364. The predicted molar refractivity (Wildman–Crippen MR) is 77.6 cm³/mol. The summed E-state index contributed by atoms with van der Waals surface area (Å²) in [7, 11) is -3.95. The first kappa shape index (κ1) is 15.8. The normalized spacial score (nSPS) is 20.6. The van der Waals surface area contributed by atoms with Crippen molar-refractivity contribution in [1.82, 2.24) is 9.62 Å². The molecule has 0 radical (unpaired) electrons. The first-order valence-electron chi connectivity index (χ1n) is 5.64. The van der Waals surface area contributed by atoms with Crippen molar-refractivity contribution in [2.45, 2.75) is 10.9 Å². The maximum Gasteiger partial charge on any atom is 0.247 e. The molecule has 0 amide bonds. The highest BCUT2D eigenvalue weighted by molar-refractivity contribution is 7.89. The van der Waals surface area contributed by atoms with Crippen LogP contribution in [0, 0.1) is 11.3 Å². The van der Waals surface area contributed by atoms with Crippen LogP contribution in [0.5, 0.6) is 0 Å². The van der Waals surface area contributed by atoms with E-state index < -0.39 is 16.1 Å². The summed E-state index contributed by atoms with van der Waals surface area (Å²) in [5.74, 6) is 0. The Balaban J connectivity index is 2.53. The van der Waals surface area contributed by atoms with Gasteiger partial charge < -0.3 is 5.32 Å². The van der Waals surface area contributed by atoms with Gasteiger partial charge in [-0.2, -0.15) is 9.57 Å². The monoisotopic (exact) mass is 353 g/mol.